The third-order valence-electron chi connectivity index (χ3n) is 3.57. The third kappa shape index (κ3) is 3.97. The van der Waals surface area contributed by atoms with Crippen molar-refractivity contribution >= 4 is 34.4 Å². The number of esters is 1. The van der Waals surface area contributed by atoms with E-state index in [-0.39, 0.29) is 5.57 Å². The Hall–Kier alpha value is -3.85. The number of hydrogen-bond donors (Lipinski definition) is 1. The minimum atomic E-state index is -0.892. The Labute approximate surface area is 149 Å². The maximum absolute atomic E-state index is 12.1. The van der Waals surface area contributed by atoms with Gasteiger partial charge in [0, 0.05) is 17.1 Å². The number of amides is 1. The lowest BCUT2D eigenvalue weighted by atomic mass is 10.1. The van der Waals surface area contributed by atoms with E-state index in [1.165, 1.54) is 12.3 Å². The molecule has 26 heavy (non-hydrogen) atoms. The number of benzene rings is 2. The second kappa shape index (κ2) is 7.81. The van der Waals surface area contributed by atoms with Crippen molar-refractivity contribution in [1.29, 1.82) is 5.26 Å². The number of carbonyl (C=O) groups is 2. The van der Waals surface area contributed by atoms with Crippen LogP contribution in [-0.4, -0.2) is 18.5 Å². The maximum Gasteiger partial charge on any atom is 0.349 e. The fourth-order valence-corrected chi connectivity index (χ4v) is 2.38. The van der Waals surface area contributed by atoms with Crippen LogP contribution in [0.3, 0.4) is 0 Å². The highest BCUT2D eigenvalue weighted by atomic mass is 16.5. The van der Waals surface area contributed by atoms with E-state index in [9.17, 15) is 9.59 Å². The van der Waals surface area contributed by atoms with Crippen molar-refractivity contribution in [3.8, 4) is 6.07 Å². The molecule has 0 atom stereocenters. The Morgan fingerprint density at radius 1 is 1.12 bits per heavy atom. The highest BCUT2D eigenvalue weighted by Crippen LogP contribution is 2.22. The number of nitrogens with zero attached hydrogens (tertiary/aromatic N) is 1. The molecule has 0 spiro atoms. The van der Waals surface area contributed by atoms with Gasteiger partial charge in [0.1, 0.15) is 17.4 Å². The molecule has 0 aliphatic carbocycles. The molecule has 0 bridgehead atoms. The molecular formula is C20H14N2O4. The van der Waals surface area contributed by atoms with E-state index < -0.39 is 18.5 Å². The molecule has 1 N–H and O–H groups in total. The quantitative estimate of drug-likeness (QED) is 0.433. The molecule has 6 heteroatoms. The second-order valence-electron chi connectivity index (χ2n) is 5.34. The number of rotatable bonds is 5. The zero-order chi connectivity index (χ0) is 18.4. The van der Waals surface area contributed by atoms with Gasteiger partial charge < -0.3 is 14.5 Å². The highest BCUT2D eigenvalue weighted by molar-refractivity contribution is 6.04. The first-order valence-electron chi connectivity index (χ1n) is 7.77. The Balaban J connectivity index is 1.63. The number of furan rings is 1. The van der Waals surface area contributed by atoms with Crippen LogP contribution in [0.4, 0.5) is 5.69 Å². The molecule has 3 rings (SSSR count). The monoisotopic (exact) mass is 346 g/mol. The van der Waals surface area contributed by atoms with Crippen LogP contribution in [0.1, 0.15) is 5.76 Å². The zero-order valence-electron chi connectivity index (χ0n) is 13.6. The fourth-order valence-electron chi connectivity index (χ4n) is 2.38. The van der Waals surface area contributed by atoms with Crippen LogP contribution in [-0.2, 0) is 14.3 Å². The average Bonchev–Trinajstić information content (AvgIpc) is 3.18. The predicted octanol–water partition coefficient (Wildman–Crippen LogP) is 3.52. The molecule has 0 saturated carbocycles. The number of nitrogens with one attached hydrogen (secondary N) is 1. The van der Waals surface area contributed by atoms with Crippen molar-refractivity contribution < 1.29 is 18.7 Å². The van der Waals surface area contributed by atoms with Crippen molar-refractivity contribution in [2.45, 2.75) is 0 Å². The van der Waals surface area contributed by atoms with Gasteiger partial charge in [-0.2, -0.15) is 5.26 Å². The Morgan fingerprint density at radius 3 is 2.69 bits per heavy atom. The van der Waals surface area contributed by atoms with Crippen LogP contribution in [0.25, 0.3) is 16.8 Å². The van der Waals surface area contributed by atoms with E-state index >= 15 is 0 Å². The van der Waals surface area contributed by atoms with Gasteiger partial charge in [-0.05, 0) is 23.6 Å². The summed E-state index contributed by atoms with van der Waals surface area (Å²) in [4.78, 5) is 24.0. The number of hydrogen-bond acceptors (Lipinski definition) is 5. The summed E-state index contributed by atoms with van der Waals surface area (Å²) in [6.07, 6.45) is 2.68. The molecule has 0 unspecified atom stereocenters. The Bertz CT molecular complexity index is 1010. The zero-order valence-corrected chi connectivity index (χ0v) is 13.6. The number of anilines is 1. The minimum absolute atomic E-state index is 0.252. The van der Waals surface area contributed by atoms with E-state index in [0.29, 0.717) is 11.4 Å². The summed E-state index contributed by atoms with van der Waals surface area (Å²) in [6.45, 7) is -0.501. The molecule has 0 saturated heterocycles. The predicted molar refractivity (Wildman–Crippen MR) is 95.8 cm³/mol. The van der Waals surface area contributed by atoms with Crippen molar-refractivity contribution in [1.82, 2.24) is 0 Å². The molecule has 1 heterocycles. The topological polar surface area (TPSA) is 92.3 Å². The summed E-state index contributed by atoms with van der Waals surface area (Å²) in [6, 6.07) is 18.1. The van der Waals surface area contributed by atoms with Crippen molar-refractivity contribution in [3.05, 3.63) is 72.2 Å². The van der Waals surface area contributed by atoms with Crippen LogP contribution in [0.2, 0.25) is 0 Å². The van der Waals surface area contributed by atoms with Gasteiger partial charge in [0.2, 0.25) is 0 Å². The van der Waals surface area contributed by atoms with E-state index in [2.05, 4.69) is 5.32 Å². The number of fused-ring (bicyclic) bond motifs is 1. The van der Waals surface area contributed by atoms with Gasteiger partial charge >= 0.3 is 5.97 Å². The lowest BCUT2D eigenvalue weighted by molar-refractivity contribution is -0.142. The fraction of sp³-hybridized carbons (Fsp3) is 0.0500. The molecule has 3 aromatic rings. The van der Waals surface area contributed by atoms with Gasteiger partial charge in [-0.25, -0.2) is 4.79 Å². The lowest BCUT2D eigenvalue weighted by Gasteiger charge is -2.09. The van der Waals surface area contributed by atoms with Gasteiger partial charge in [-0.1, -0.05) is 36.4 Å². The first kappa shape index (κ1) is 17.0. The van der Waals surface area contributed by atoms with E-state index in [0.717, 1.165) is 10.8 Å². The van der Waals surface area contributed by atoms with Crippen LogP contribution < -0.4 is 5.32 Å². The highest BCUT2D eigenvalue weighted by Gasteiger charge is 2.14. The number of nitriles is 1. The second-order valence-corrected chi connectivity index (χ2v) is 5.34. The van der Waals surface area contributed by atoms with Gasteiger partial charge in [0.25, 0.3) is 5.91 Å². The standard InChI is InChI=1S/C20H14N2O4/c21-12-15(11-16-7-4-10-25-16)20(24)26-13-19(23)22-18-9-3-6-14-5-1-2-8-17(14)18/h1-11H,13H2,(H,22,23)/b15-11-. The summed E-state index contributed by atoms with van der Waals surface area (Å²) in [5, 5.41) is 13.6. The molecule has 2 aromatic carbocycles. The van der Waals surface area contributed by atoms with Crippen molar-refractivity contribution in [3.63, 3.8) is 0 Å². The molecule has 128 valence electrons. The molecule has 0 aliphatic heterocycles. The number of ether oxygens (including phenoxy) is 1. The third-order valence-corrected chi connectivity index (χ3v) is 3.57. The molecule has 6 nitrogen and oxygen atoms in total. The van der Waals surface area contributed by atoms with Crippen molar-refractivity contribution in [2.75, 3.05) is 11.9 Å². The molecule has 1 aromatic heterocycles. The van der Waals surface area contributed by atoms with Gasteiger partial charge in [0.15, 0.2) is 6.61 Å². The Morgan fingerprint density at radius 2 is 1.92 bits per heavy atom. The maximum atomic E-state index is 12.1. The largest absolute Gasteiger partial charge is 0.465 e. The molecule has 1 amide bonds. The summed E-state index contributed by atoms with van der Waals surface area (Å²) >= 11 is 0. The van der Waals surface area contributed by atoms with Crippen LogP contribution in [0.15, 0.2) is 70.9 Å². The molecular weight excluding hydrogens is 332 g/mol. The molecule has 0 aliphatic rings. The van der Waals surface area contributed by atoms with Crippen molar-refractivity contribution in [2.24, 2.45) is 0 Å². The summed E-state index contributed by atoms with van der Waals surface area (Å²) in [5.74, 6) is -1.04. The summed E-state index contributed by atoms with van der Waals surface area (Å²) < 4.78 is 9.95. The van der Waals surface area contributed by atoms with Gasteiger partial charge in [0.05, 0.1) is 6.26 Å². The number of carbonyl (C=O) groups excluding carboxylic acids is 2. The Kier molecular flexibility index (Phi) is 5.11. The first-order chi connectivity index (χ1) is 12.7. The normalized spacial score (nSPS) is 11.0. The van der Waals surface area contributed by atoms with Crippen LogP contribution >= 0.6 is 0 Å². The summed E-state index contributed by atoms with van der Waals surface area (Å²) in [7, 11) is 0. The lowest BCUT2D eigenvalue weighted by Crippen LogP contribution is -2.21. The SMILES string of the molecule is N#C/C(=C/c1ccco1)C(=O)OCC(=O)Nc1cccc2ccccc12. The van der Waals surface area contributed by atoms with Crippen LogP contribution in [0.5, 0.6) is 0 Å². The first-order valence-corrected chi connectivity index (χ1v) is 7.77. The van der Waals surface area contributed by atoms with Gasteiger partial charge in [-0.15, -0.1) is 0 Å². The minimum Gasteiger partial charge on any atom is -0.465 e. The van der Waals surface area contributed by atoms with Crippen LogP contribution in [0, 0.1) is 11.3 Å². The van der Waals surface area contributed by atoms with E-state index in [1.807, 2.05) is 36.4 Å². The van der Waals surface area contributed by atoms with E-state index in [4.69, 9.17) is 14.4 Å². The average molecular weight is 346 g/mol. The van der Waals surface area contributed by atoms with E-state index in [1.54, 1.807) is 24.3 Å². The summed E-state index contributed by atoms with van der Waals surface area (Å²) in [5.41, 5.74) is 0.369. The molecule has 0 radical (unpaired) electrons. The smallest absolute Gasteiger partial charge is 0.349 e. The van der Waals surface area contributed by atoms with Gasteiger partial charge in [-0.3, -0.25) is 4.79 Å². The molecule has 0 fully saturated rings.